The third-order valence-electron chi connectivity index (χ3n) is 3.17. The van der Waals surface area contributed by atoms with E-state index in [-0.39, 0.29) is 30.6 Å². The Kier molecular flexibility index (Phi) is 6.00. The summed E-state index contributed by atoms with van der Waals surface area (Å²) in [6.45, 7) is 1.89. The van der Waals surface area contributed by atoms with Crippen LogP contribution >= 0.6 is 34.5 Å². The first-order chi connectivity index (χ1) is 10.5. The highest BCUT2D eigenvalue weighted by molar-refractivity contribution is 7.18. The molecule has 3 nitrogen and oxygen atoms in total. The second kappa shape index (κ2) is 7.77. The van der Waals surface area contributed by atoms with Crippen LogP contribution in [0.25, 0.3) is 0 Å². The summed E-state index contributed by atoms with van der Waals surface area (Å²) in [7, 11) is 0. The number of nitrogens with one attached hydrogen (secondary N) is 1. The summed E-state index contributed by atoms with van der Waals surface area (Å²) in [5.41, 5.74) is 0.967. The number of Topliss-reactive ketones (excluding diaryl/α,β-unsaturated/α-hetero) is 1. The fraction of sp³-hybridized carbons (Fsp3) is 0.250. The number of carbonyl (C=O) groups excluding carboxylic acids is 2. The molecule has 22 heavy (non-hydrogen) atoms. The minimum absolute atomic E-state index is 0.0637. The molecule has 2 rings (SSSR count). The zero-order valence-electron chi connectivity index (χ0n) is 11.9. The quantitative estimate of drug-likeness (QED) is 0.749. The summed E-state index contributed by atoms with van der Waals surface area (Å²) >= 11 is 12.9. The number of hydrogen-bond donors (Lipinski definition) is 1. The molecule has 0 aliphatic carbocycles. The van der Waals surface area contributed by atoms with Crippen LogP contribution in [0.5, 0.6) is 0 Å². The number of rotatable bonds is 6. The fourth-order valence-corrected chi connectivity index (χ4v) is 3.10. The SMILES string of the molecule is CC(NC(=O)CCC(=O)c1ccc(Cl)s1)c1ccc(Cl)cc1. The standard InChI is InChI=1S/C16H15Cl2NO2S/c1-10(11-2-4-12(17)5-3-11)19-16(21)9-6-13(20)14-7-8-15(18)22-14/h2-5,7-8,10H,6,9H2,1H3,(H,19,21). The maximum Gasteiger partial charge on any atom is 0.220 e. The fourth-order valence-electron chi connectivity index (χ4n) is 1.96. The van der Waals surface area contributed by atoms with Crippen LogP contribution < -0.4 is 5.32 Å². The van der Waals surface area contributed by atoms with Gasteiger partial charge in [-0.05, 0) is 36.8 Å². The minimum atomic E-state index is -0.154. The third-order valence-corrected chi connectivity index (χ3v) is 4.70. The van der Waals surface area contributed by atoms with Gasteiger partial charge in [-0.3, -0.25) is 9.59 Å². The van der Waals surface area contributed by atoms with Crippen LogP contribution in [0.15, 0.2) is 36.4 Å². The molecule has 1 amide bonds. The van der Waals surface area contributed by atoms with Gasteiger partial charge in [-0.2, -0.15) is 0 Å². The van der Waals surface area contributed by atoms with Crippen LogP contribution in [-0.4, -0.2) is 11.7 Å². The van der Waals surface area contributed by atoms with Crippen molar-refractivity contribution in [3.05, 3.63) is 56.2 Å². The van der Waals surface area contributed by atoms with E-state index in [0.29, 0.717) is 14.2 Å². The normalized spacial score (nSPS) is 12.0. The van der Waals surface area contributed by atoms with E-state index in [2.05, 4.69) is 5.32 Å². The number of ketones is 1. The number of thiophene rings is 1. The zero-order valence-corrected chi connectivity index (χ0v) is 14.3. The van der Waals surface area contributed by atoms with Crippen molar-refractivity contribution >= 4 is 46.2 Å². The van der Waals surface area contributed by atoms with Crippen LogP contribution in [0.1, 0.15) is 41.0 Å². The molecule has 1 atom stereocenters. The summed E-state index contributed by atoms with van der Waals surface area (Å²) in [6.07, 6.45) is 0.336. The molecule has 2 aromatic rings. The van der Waals surface area contributed by atoms with E-state index in [1.807, 2.05) is 19.1 Å². The Labute approximate surface area is 143 Å². The van der Waals surface area contributed by atoms with E-state index in [1.54, 1.807) is 24.3 Å². The monoisotopic (exact) mass is 355 g/mol. The molecule has 0 bridgehead atoms. The molecule has 0 fully saturated rings. The van der Waals surface area contributed by atoms with E-state index in [9.17, 15) is 9.59 Å². The molecule has 1 unspecified atom stereocenters. The molecular weight excluding hydrogens is 341 g/mol. The van der Waals surface area contributed by atoms with Crippen molar-refractivity contribution in [2.24, 2.45) is 0 Å². The smallest absolute Gasteiger partial charge is 0.220 e. The van der Waals surface area contributed by atoms with Crippen molar-refractivity contribution < 1.29 is 9.59 Å². The van der Waals surface area contributed by atoms with Gasteiger partial charge in [0.05, 0.1) is 15.3 Å². The topological polar surface area (TPSA) is 46.2 Å². The van der Waals surface area contributed by atoms with Gasteiger partial charge < -0.3 is 5.32 Å². The van der Waals surface area contributed by atoms with E-state index in [0.717, 1.165) is 5.56 Å². The zero-order chi connectivity index (χ0) is 16.1. The lowest BCUT2D eigenvalue weighted by atomic mass is 10.1. The largest absolute Gasteiger partial charge is 0.350 e. The first kappa shape index (κ1) is 17.0. The van der Waals surface area contributed by atoms with Gasteiger partial charge in [0.15, 0.2) is 5.78 Å². The lowest BCUT2D eigenvalue weighted by Gasteiger charge is -2.14. The number of halogens is 2. The molecule has 0 radical (unpaired) electrons. The number of carbonyl (C=O) groups is 2. The molecule has 1 aromatic heterocycles. The summed E-state index contributed by atoms with van der Waals surface area (Å²) in [4.78, 5) is 24.4. The Morgan fingerprint density at radius 1 is 1.09 bits per heavy atom. The van der Waals surface area contributed by atoms with Gasteiger partial charge in [0.25, 0.3) is 0 Å². The van der Waals surface area contributed by atoms with E-state index >= 15 is 0 Å². The summed E-state index contributed by atoms with van der Waals surface area (Å²) in [5, 5.41) is 3.53. The Morgan fingerprint density at radius 3 is 2.36 bits per heavy atom. The van der Waals surface area contributed by atoms with Crippen LogP contribution in [0.2, 0.25) is 9.36 Å². The third kappa shape index (κ3) is 4.83. The summed E-state index contributed by atoms with van der Waals surface area (Å²) < 4.78 is 0.573. The average molecular weight is 356 g/mol. The molecule has 1 aromatic carbocycles. The second-order valence-corrected chi connectivity index (χ2v) is 7.02. The van der Waals surface area contributed by atoms with Crippen molar-refractivity contribution in [2.75, 3.05) is 0 Å². The van der Waals surface area contributed by atoms with Crippen molar-refractivity contribution in [3.8, 4) is 0 Å². The highest BCUT2D eigenvalue weighted by Crippen LogP contribution is 2.23. The van der Waals surface area contributed by atoms with Crippen LogP contribution in [-0.2, 0) is 4.79 Å². The van der Waals surface area contributed by atoms with E-state index in [1.165, 1.54) is 11.3 Å². The van der Waals surface area contributed by atoms with Gasteiger partial charge in [-0.25, -0.2) is 0 Å². The maximum atomic E-state index is 11.9. The lowest BCUT2D eigenvalue weighted by molar-refractivity contribution is -0.121. The molecule has 0 aliphatic rings. The second-order valence-electron chi connectivity index (χ2n) is 4.87. The number of benzene rings is 1. The Bertz CT molecular complexity index is 667. The van der Waals surface area contributed by atoms with Crippen LogP contribution in [0.4, 0.5) is 0 Å². The average Bonchev–Trinajstić information content (AvgIpc) is 2.92. The molecule has 1 N–H and O–H groups in total. The summed E-state index contributed by atoms with van der Waals surface area (Å²) in [5.74, 6) is -0.218. The predicted molar refractivity (Wildman–Crippen MR) is 90.9 cm³/mol. The molecule has 0 aliphatic heterocycles. The molecular formula is C16H15Cl2NO2S. The van der Waals surface area contributed by atoms with Crippen molar-refractivity contribution in [1.29, 1.82) is 0 Å². The van der Waals surface area contributed by atoms with Gasteiger partial charge in [0.2, 0.25) is 5.91 Å². The van der Waals surface area contributed by atoms with Crippen LogP contribution in [0, 0.1) is 0 Å². The minimum Gasteiger partial charge on any atom is -0.350 e. The van der Waals surface area contributed by atoms with Gasteiger partial charge in [0, 0.05) is 17.9 Å². The maximum absolute atomic E-state index is 11.9. The van der Waals surface area contributed by atoms with Gasteiger partial charge in [0.1, 0.15) is 0 Å². The molecule has 6 heteroatoms. The van der Waals surface area contributed by atoms with Gasteiger partial charge >= 0.3 is 0 Å². The molecule has 0 saturated heterocycles. The van der Waals surface area contributed by atoms with E-state index in [4.69, 9.17) is 23.2 Å². The highest BCUT2D eigenvalue weighted by atomic mass is 35.5. The van der Waals surface area contributed by atoms with Crippen molar-refractivity contribution in [2.45, 2.75) is 25.8 Å². The number of hydrogen-bond acceptors (Lipinski definition) is 3. The Balaban J connectivity index is 1.82. The Morgan fingerprint density at radius 2 is 1.77 bits per heavy atom. The Hall–Kier alpha value is -1.36. The van der Waals surface area contributed by atoms with Gasteiger partial charge in [-0.15, -0.1) is 11.3 Å². The van der Waals surface area contributed by atoms with Gasteiger partial charge in [-0.1, -0.05) is 35.3 Å². The number of amides is 1. The van der Waals surface area contributed by atoms with Crippen LogP contribution in [0.3, 0.4) is 0 Å². The van der Waals surface area contributed by atoms with E-state index < -0.39 is 0 Å². The molecule has 0 spiro atoms. The predicted octanol–water partition coefficient (Wildman–Crippen LogP) is 4.90. The van der Waals surface area contributed by atoms with Crippen molar-refractivity contribution in [1.82, 2.24) is 5.32 Å². The highest BCUT2D eigenvalue weighted by Gasteiger charge is 2.13. The molecule has 116 valence electrons. The first-order valence-electron chi connectivity index (χ1n) is 6.79. The molecule has 1 heterocycles. The lowest BCUT2D eigenvalue weighted by Crippen LogP contribution is -2.26. The summed E-state index contributed by atoms with van der Waals surface area (Å²) in [6, 6.07) is 10.5. The first-order valence-corrected chi connectivity index (χ1v) is 8.36. The van der Waals surface area contributed by atoms with Crippen molar-refractivity contribution in [3.63, 3.8) is 0 Å². The molecule has 0 saturated carbocycles.